The van der Waals surface area contributed by atoms with E-state index in [0.29, 0.717) is 5.35 Å². The Labute approximate surface area is 270 Å². The molecule has 2 aliphatic heterocycles. The van der Waals surface area contributed by atoms with Gasteiger partial charge in [0.15, 0.2) is 0 Å². The summed E-state index contributed by atoms with van der Waals surface area (Å²) in [5.41, 5.74) is 9.65. The fourth-order valence-electron chi connectivity index (χ4n) is 5.45. The zero-order chi connectivity index (χ0) is 30.5. The minimum absolute atomic E-state index is 0. The Bertz CT molecular complexity index is 1480. The number of aldehydes is 1. The van der Waals surface area contributed by atoms with E-state index in [2.05, 4.69) is 72.1 Å². The van der Waals surface area contributed by atoms with Gasteiger partial charge in [0.1, 0.15) is 6.29 Å². The van der Waals surface area contributed by atoms with E-state index in [1.807, 2.05) is 0 Å². The number of unbranched alkanes of at least 4 members (excludes halogenated alkanes) is 4. The molecule has 5 nitrogen and oxygen atoms in total. The zero-order valence-electron chi connectivity index (χ0n) is 27.0. The molecule has 43 heavy (non-hydrogen) atoms. The van der Waals surface area contributed by atoms with E-state index >= 15 is 0 Å². The van der Waals surface area contributed by atoms with Gasteiger partial charge in [-0.05, 0) is 97.9 Å². The topological polar surface area (TPSA) is 71.1 Å². The number of carbonyl (C=O) groups excluding carboxylic acids is 1. The Kier molecular flexibility index (Phi) is 15.7. The molecule has 1 aromatic heterocycles. The molecule has 6 heteroatoms. The van der Waals surface area contributed by atoms with Crippen molar-refractivity contribution in [2.45, 2.75) is 118 Å². The molecule has 1 aromatic rings. The number of carbonyl (C=O) groups is 1. The first-order valence-corrected chi connectivity index (χ1v) is 16.1. The molecule has 2 aliphatic rings. The number of aromatic nitrogens is 4. The molecule has 4 bridgehead atoms. The van der Waals surface area contributed by atoms with Crippen LogP contribution in [0, 0.1) is 6.92 Å². The predicted molar refractivity (Wildman–Crippen MR) is 179 cm³/mol. The van der Waals surface area contributed by atoms with Gasteiger partial charge >= 0.3 is 17.1 Å². The summed E-state index contributed by atoms with van der Waals surface area (Å²) in [6.07, 6.45) is 21.3. The van der Waals surface area contributed by atoms with Gasteiger partial charge in [-0.1, -0.05) is 60.3 Å². The number of fused-ring (bicyclic) bond motifs is 4. The van der Waals surface area contributed by atoms with Crippen molar-refractivity contribution in [3.05, 3.63) is 67.1 Å². The molecule has 3 heterocycles. The zero-order valence-corrected chi connectivity index (χ0v) is 27.9. The third-order valence-electron chi connectivity index (χ3n) is 7.97. The molecule has 0 spiro atoms. The van der Waals surface area contributed by atoms with E-state index < -0.39 is 0 Å². The monoisotopic (exact) mass is 629 g/mol. The summed E-state index contributed by atoms with van der Waals surface area (Å²) in [4.78, 5) is 32.4. The molecule has 0 amide bonds. The van der Waals surface area contributed by atoms with Crippen LogP contribution in [0.5, 0.6) is 0 Å². The molecule has 0 N–H and O–H groups in total. The number of hydrogen-bond acceptors (Lipinski definition) is 3. The molecule has 235 valence electrons. The third-order valence-corrected chi connectivity index (χ3v) is 7.97. The Hall–Kier alpha value is -2.95. The van der Waals surface area contributed by atoms with Gasteiger partial charge in [-0.2, -0.15) is 5.69 Å². The van der Waals surface area contributed by atoms with E-state index in [1.54, 1.807) is 0 Å². The van der Waals surface area contributed by atoms with Crippen molar-refractivity contribution in [1.29, 1.82) is 0 Å². The van der Waals surface area contributed by atoms with Crippen molar-refractivity contribution in [2.24, 2.45) is 0 Å². The van der Waals surface area contributed by atoms with Crippen LogP contribution in [-0.4, -0.2) is 16.3 Å². The molecular weight excluding hydrogens is 580 g/mol. The Morgan fingerprint density at radius 3 is 1.42 bits per heavy atom. The normalized spacial score (nSPS) is 11.6. The van der Waals surface area contributed by atoms with Crippen molar-refractivity contribution in [1.82, 2.24) is 19.9 Å². The van der Waals surface area contributed by atoms with Gasteiger partial charge in [-0.25, -0.2) is 9.97 Å². The fraction of sp³-hybridized carbons (Fsp3) is 0.486. The van der Waals surface area contributed by atoms with Crippen LogP contribution in [0.25, 0.3) is 37.5 Å². The third kappa shape index (κ3) is 9.78. The van der Waals surface area contributed by atoms with Crippen LogP contribution in [0.15, 0.2) is 0 Å². The number of hydrogen-bond donors (Lipinski definition) is 0. The predicted octanol–water partition coefficient (Wildman–Crippen LogP) is 6.97. The Balaban J connectivity index is 0.00000645. The SMILES string of the molecule is C=c1[n-]c(=C)c(CCCC)c2nc(c(CCCC)c(CC=O)[n-]c(C)c(CCCC)c3nc(c1CCCC)C=C3)C=C2.[Cu+2]. The van der Waals surface area contributed by atoms with Gasteiger partial charge in [0, 0.05) is 6.42 Å². The number of nitrogens with zero attached hydrogens (tertiary/aromatic N) is 4. The molecule has 3 rings (SSSR count). The average Bonchev–Trinajstić information content (AvgIpc) is 3.64. The van der Waals surface area contributed by atoms with Crippen molar-refractivity contribution < 1.29 is 21.9 Å². The largest absolute Gasteiger partial charge is 2.00 e. The summed E-state index contributed by atoms with van der Waals surface area (Å²) in [6, 6.07) is 0. The first-order chi connectivity index (χ1) is 20.4. The van der Waals surface area contributed by atoms with E-state index in [0.717, 1.165) is 145 Å². The molecule has 0 unspecified atom stereocenters. The van der Waals surface area contributed by atoms with Crippen LogP contribution in [0.2, 0.25) is 0 Å². The molecule has 0 fully saturated rings. The summed E-state index contributed by atoms with van der Waals surface area (Å²) in [5.74, 6) is 0. The van der Waals surface area contributed by atoms with E-state index in [4.69, 9.17) is 19.9 Å². The second kappa shape index (κ2) is 18.7. The number of rotatable bonds is 14. The minimum Gasteiger partial charge on any atom is -0.664 e. The second-order valence-corrected chi connectivity index (χ2v) is 11.3. The summed E-state index contributed by atoms with van der Waals surface area (Å²) in [6.45, 7) is 19.7. The maximum absolute atomic E-state index is 12.0. The summed E-state index contributed by atoms with van der Waals surface area (Å²) < 4.78 is 0. The molecule has 0 aliphatic carbocycles. The molecule has 0 atom stereocenters. The van der Waals surface area contributed by atoms with Crippen molar-refractivity contribution in [3.8, 4) is 0 Å². The molecule has 0 saturated heterocycles. The fourth-order valence-corrected chi connectivity index (χ4v) is 5.45. The van der Waals surface area contributed by atoms with Crippen molar-refractivity contribution >= 4 is 43.7 Å². The van der Waals surface area contributed by atoms with Crippen molar-refractivity contribution in [2.75, 3.05) is 0 Å². The Morgan fingerprint density at radius 2 is 1.00 bits per heavy atom. The average molecular weight is 630 g/mol. The summed E-state index contributed by atoms with van der Waals surface area (Å²) in [5, 5.41) is 1.44. The van der Waals surface area contributed by atoms with Crippen LogP contribution in [-0.2, 0) is 54.0 Å². The van der Waals surface area contributed by atoms with Gasteiger partial charge in [0.25, 0.3) is 0 Å². The standard InChI is InChI=1S/C37H50N4O.Cu/c1-8-12-16-29-26(5)38-27(6)30(17-13-9-2)34-22-23-36(41-34)32(19-15-11-4)37(24-25-42)39-28(7)31(18-14-10-3)35-21-20-33(29)40-35;/h20-23,25H,5-6,8-19,24H2,1-4,7H3;/q-2;+2. The van der Waals surface area contributed by atoms with Crippen LogP contribution >= 0.6 is 0 Å². The summed E-state index contributed by atoms with van der Waals surface area (Å²) >= 11 is 0. The minimum atomic E-state index is 0. The maximum atomic E-state index is 12.0. The second-order valence-electron chi connectivity index (χ2n) is 11.3. The van der Waals surface area contributed by atoms with E-state index in [1.165, 1.54) is 0 Å². The smallest absolute Gasteiger partial charge is 0.664 e. The quantitative estimate of drug-likeness (QED) is 0.142. The first kappa shape index (κ1) is 36.2. The van der Waals surface area contributed by atoms with Gasteiger partial charge < -0.3 is 14.8 Å². The Morgan fingerprint density at radius 1 is 0.628 bits per heavy atom. The van der Waals surface area contributed by atoms with E-state index in [-0.39, 0.29) is 23.5 Å². The van der Waals surface area contributed by atoms with Crippen LogP contribution in [0.3, 0.4) is 0 Å². The van der Waals surface area contributed by atoms with Gasteiger partial charge in [0.2, 0.25) is 0 Å². The molecule has 0 saturated carbocycles. The maximum Gasteiger partial charge on any atom is 2.00 e. The molecule has 1 radical (unpaired) electrons. The van der Waals surface area contributed by atoms with Gasteiger partial charge in [-0.15, -0.1) is 29.6 Å². The van der Waals surface area contributed by atoms with E-state index in [9.17, 15) is 4.79 Å². The van der Waals surface area contributed by atoms with Crippen molar-refractivity contribution in [3.63, 3.8) is 0 Å². The summed E-state index contributed by atoms with van der Waals surface area (Å²) in [7, 11) is 0. The van der Waals surface area contributed by atoms with Gasteiger partial charge in [0.05, 0.1) is 22.8 Å². The molecular formula is C37H50CuN4O. The van der Waals surface area contributed by atoms with Crippen LogP contribution < -0.4 is 20.7 Å². The molecule has 0 aromatic carbocycles. The van der Waals surface area contributed by atoms with Gasteiger partial charge in [-0.3, -0.25) is 0 Å². The first-order valence-electron chi connectivity index (χ1n) is 16.1. The van der Waals surface area contributed by atoms with Crippen LogP contribution in [0.4, 0.5) is 0 Å². The van der Waals surface area contributed by atoms with Crippen LogP contribution in [0.1, 0.15) is 135 Å². The number of aryl methyl sites for hydroxylation is 1.